The molecule has 1 aromatic rings. The molecule has 2 atom stereocenters. The average Bonchev–Trinajstić information content (AvgIpc) is 3.15. The topological polar surface area (TPSA) is 54.2 Å². The Morgan fingerprint density at radius 1 is 1.50 bits per heavy atom. The van der Waals surface area contributed by atoms with Gasteiger partial charge in [-0.3, -0.25) is 4.90 Å². The van der Waals surface area contributed by atoms with Crippen molar-refractivity contribution in [3.63, 3.8) is 0 Å². The van der Waals surface area contributed by atoms with Crippen LogP contribution >= 0.6 is 0 Å². The van der Waals surface area contributed by atoms with Crippen LogP contribution in [-0.4, -0.2) is 46.3 Å². The molecule has 2 heterocycles. The number of nitrogens with one attached hydrogen (secondary N) is 1. The predicted molar refractivity (Wildman–Crippen MR) is 77.3 cm³/mol. The summed E-state index contributed by atoms with van der Waals surface area (Å²) in [5, 5.41) is 7.51. The lowest BCUT2D eigenvalue weighted by Crippen LogP contribution is -2.65. The molecule has 1 saturated heterocycles. The fourth-order valence-corrected chi connectivity index (χ4v) is 3.50. The monoisotopic (exact) mass is 278 g/mol. The molecule has 1 N–H and O–H groups in total. The first kappa shape index (κ1) is 14.0. The highest BCUT2D eigenvalue weighted by atomic mass is 16.5. The van der Waals surface area contributed by atoms with E-state index in [2.05, 4.69) is 41.1 Å². The van der Waals surface area contributed by atoms with Crippen LogP contribution in [0.2, 0.25) is 0 Å². The maximum atomic E-state index is 5.13. The van der Waals surface area contributed by atoms with Crippen molar-refractivity contribution in [1.82, 2.24) is 20.4 Å². The fraction of sp³-hybridized carbons (Fsp3) is 0.867. The number of piperazine rings is 1. The van der Waals surface area contributed by atoms with Crippen LogP contribution in [-0.2, 0) is 6.42 Å². The minimum Gasteiger partial charge on any atom is -0.340 e. The van der Waals surface area contributed by atoms with E-state index in [-0.39, 0.29) is 0 Å². The molecule has 2 aliphatic rings. The molecule has 112 valence electrons. The van der Waals surface area contributed by atoms with Gasteiger partial charge in [-0.25, -0.2) is 0 Å². The quantitative estimate of drug-likeness (QED) is 0.888. The molecular weight excluding hydrogens is 252 g/mol. The fourth-order valence-electron chi connectivity index (χ4n) is 3.50. The largest absolute Gasteiger partial charge is 0.340 e. The van der Waals surface area contributed by atoms with Crippen LogP contribution in [0.4, 0.5) is 0 Å². The van der Waals surface area contributed by atoms with Crippen molar-refractivity contribution in [3.05, 3.63) is 12.2 Å². The predicted octanol–water partition coefficient (Wildman–Crippen LogP) is 1.71. The summed E-state index contributed by atoms with van der Waals surface area (Å²) < 4.78 is 5.13. The molecule has 2 unspecified atom stereocenters. The Balaban J connectivity index is 1.65. The lowest BCUT2D eigenvalue weighted by Gasteiger charge is -2.48. The highest BCUT2D eigenvalue weighted by molar-refractivity contribution is 5.04. The second-order valence-corrected chi connectivity index (χ2v) is 6.94. The van der Waals surface area contributed by atoms with Crippen LogP contribution in [0.1, 0.15) is 39.5 Å². The summed E-state index contributed by atoms with van der Waals surface area (Å²) in [6, 6.07) is 0.602. The molecule has 3 rings (SSSR count). The highest BCUT2D eigenvalue weighted by Crippen LogP contribution is 2.41. The number of hydrogen-bond acceptors (Lipinski definition) is 5. The average molecular weight is 278 g/mol. The number of hydrogen-bond donors (Lipinski definition) is 1. The third-order valence-electron chi connectivity index (χ3n) is 4.98. The van der Waals surface area contributed by atoms with Crippen LogP contribution in [0, 0.1) is 11.8 Å². The third kappa shape index (κ3) is 2.88. The van der Waals surface area contributed by atoms with Gasteiger partial charge >= 0.3 is 0 Å². The minimum atomic E-state index is 0.292. The lowest BCUT2D eigenvalue weighted by atomic mass is 9.88. The molecule has 5 heteroatoms. The van der Waals surface area contributed by atoms with E-state index in [9.17, 15) is 0 Å². The number of aromatic nitrogens is 2. The molecule has 1 aromatic heterocycles. The van der Waals surface area contributed by atoms with E-state index in [1.807, 2.05) is 0 Å². The molecule has 0 bridgehead atoms. The van der Waals surface area contributed by atoms with E-state index in [4.69, 9.17) is 4.52 Å². The van der Waals surface area contributed by atoms with Gasteiger partial charge in [-0.1, -0.05) is 19.0 Å². The van der Waals surface area contributed by atoms with E-state index < -0.39 is 0 Å². The van der Waals surface area contributed by atoms with E-state index in [0.29, 0.717) is 17.5 Å². The standard InChI is InChI=1S/C15H26N4O/c1-11(2)13-8-17-15(3,12-4-5-12)9-19(13)7-6-14-16-10-18-20-14/h10-13,17H,4-9H2,1-3H3. The van der Waals surface area contributed by atoms with Gasteiger partial charge in [0.1, 0.15) is 0 Å². The van der Waals surface area contributed by atoms with Gasteiger partial charge in [0.2, 0.25) is 5.89 Å². The van der Waals surface area contributed by atoms with Crippen LogP contribution in [0.5, 0.6) is 0 Å². The SMILES string of the molecule is CC(C)C1CNC(C)(C2CC2)CN1CCc1ncno1. The number of nitrogens with zero attached hydrogens (tertiary/aromatic N) is 3. The van der Waals surface area contributed by atoms with Crippen LogP contribution < -0.4 is 5.32 Å². The van der Waals surface area contributed by atoms with Gasteiger partial charge in [0.25, 0.3) is 0 Å². The number of rotatable bonds is 5. The van der Waals surface area contributed by atoms with Crippen molar-refractivity contribution >= 4 is 0 Å². The molecule has 0 aromatic carbocycles. The van der Waals surface area contributed by atoms with Gasteiger partial charge < -0.3 is 9.84 Å². The van der Waals surface area contributed by atoms with Gasteiger partial charge in [-0.2, -0.15) is 4.98 Å². The Morgan fingerprint density at radius 2 is 2.30 bits per heavy atom. The highest BCUT2D eigenvalue weighted by Gasteiger charge is 2.46. The van der Waals surface area contributed by atoms with E-state index in [1.165, 1.54) is 19.2 Å². The van der Waals surface area contributed by atoms with Crippen molar-refractivity contribution in [3.8, 4) is 0 Å². The van der Waals surface area contributed by atoms with Crippen molar-refractivity contribution in [1.29, 1.82) is 0 Å². The zero-order valence-electron chi connectivity index (χ0n) is 12.8. The molecule has 2 fully saturated rings. The molecular formula is C15H26N4O. The van der Waals surface area contributed by atoms with E-state index in [1.54, 1.807) is 0 Å². The Kier molecular flexibility index (Phi) is 3.82. The third-order valence-corrected chi connectivity index (χ3v) is 4.98. The van der Waals surface area contributed by atoms with Crippen LogP contribution in [0.3, 0.4) is 0 Å². The summed E-state index contributed by atoms with van der Waals surface area (Å²) in [7, 11) is 0. The molecule has 0 radical (unpaired) electrons. The van der Waals surface area contributed by atoms with E-state index >= 15 is 0 Å². The Labute approximate surface area is 121 Å². The summed E-state index contributed by atoms with van der Waals surface area (Å²) in [6.45, 7) is 10.2. The van der Waals surface area contributed by atoms with Crippen molar-refractivity contribution in [2.24, 2.45) is 11.8 Å². The summed E-state index contributed by atoms with van der Waals surface area (Å²) >= 11 is 0. The first-order valence-corrected chi connectivity index (χ1v) is 7.83. The molecule has 1 aliphatic carbocycles. The Hall–Kier alpha value is -0.940. The molecule has 0 amide bonds. The van der Waals surface area contributed by atoms with Crippen molar-refractivity contribution < 1.29 is 4.52 Å². The van der Waals surface area contributed by atoms with Crippen molar-refractivity contribution in [2.45, 2.75) is 51.6 Å². The summed E-state index contributed by atoms with van der Waals surface area (Å²) in [6.07, 6.45) is 5.10. The molecule has 1 saturated carbocycles. The molecule has 5 nitrogen and oxygen atoms in total. The molecule has 1 aliphatic heterocycles. The van der Waals surface area contributed by atoms with E-state index in [0.717, 1.165) is 37.9 Å². The maximum Gasteiger partial charge on any atom is 0.227 e. The minimum absolute atomic E-state index is 0.292. The summed E-state index contributed by atoms with van der Waals surface area (Å²) in [4.78, 5) is 6.76. The zero-order valence-corrected chi connectivity index (χ0v) is 12.8. The summed E-state index contributed by atoms with van der Waals surface area (Å²) in [5.41, 5.74) is 0.292. The first-order chi connectivity index (χ1) is 9.58. The zero-order chi connectivity index (χ0) is 14.2. The van der Waals surface area contributed by atoms with Gasteiger partial charge in [-0.05, 0) is 31.6 Å². The van der Waals surface area contributed by atoms with Gasteiger partial charge in [0.15, 0.2) is 6.33 Å². The first-order valence-electron chi connectivity index (χ1n) is 7.83. The van der Waals surface area contributed by atoms with Crippen LogP contribution in [0.25, 0.3) is 0 Å². The van der Waals surface area contributed by atoms with Gasteiger partial charge in [0, 0.05) is 37.6 Å². The summed E-state index contributed by atoms with van der Waals surface area (Å²) in [5.74, 6) is 2.27. The molecule has 20 heavy (non-hydrogen) atoms. The normalized spacial score (nSPS) is 31.9. The smallest absolute Gasteiger partial charge is 0.227 e. The van der Waals surface area contributed by atoms with Crippen molar-refractivity contribution in [2.75, 3.05) is 19.6 Å². The van der Waals surface area contributed by atoms with Gasteiger partial charge in [-0.15, -0.1) is 0 Å². The second kappa shape index (κ2) is 5.45. The molecule has 0 spiro atoms. The second-order valence-electron chi connectivity index (χ2n) is 6.94. The van der Waals surface area contributed by atoms with Gasteiger partial charge in [0.05, 0.1) is 0 Å². The Morgan fingerprint density at radius 3 is 2.90 bits per heavy atom. The Bertz CT molecular complexity index is 429. The van der Waals surface area contributed by atoms with Crippen LogP contribution in [0.15, 0.2) is 10.9 Å². The maximum absolute atomic E-state index is 5.13. The lowest BCUT2D eigenvalue weighted by molar-refractivity contribution is 0.0518.